The Morgan fingerprint density at radius 3 is 2.79 bits per heavy atom. The number of fused-ring (bicyclic) bond motifs is 1. The average Bonchev–Trinajstić information content (AvgIpc) is 2.42. The number of rotatable bonds is 7. The lowest BCUT2D eigenvalue weighted by Gasteiger charge is -2.44. The van der Waals surface area contributed by atoms with E-state index >= 15 is 0 Å². The zero-order valence-electron chi connectivity index (χ0n) is 13.0. The number of hydrogen-bond donors (Lipinski definition) is 1. The van der Waals surface area contributed by atoms with Gasteiger partial charge in [-0.15, -0.1) is 0 Å². The third kappa shape index (κ3) is 5.41. The topological polar surface area (TPSA) is 18.5 Å². The number of unbranched alkanes of at least 4 members (excludes halogenated alkanes) is 2. The van der Waals surface area contributed by atoms with Crippen LogP contribution >= 0.6 is 0 Å². The second kappa shape index (κ2) is 8.23. The van der Waals surface area contributed by atoms with E-state index in [9.17, 15) is 0 Å². The normalized spacial score (nSPS) is 25.7. The quantitative estimate of drug-likeness (QED) is 0.714. The summed E-state index contributed by atoms with van der Waals surface area (Å²) in [7, 11) is 0. The summed E-state index contributed by atoms with van der Waals surface area (Å²) in [5.41, 5.74) is 0. The summed E-state index contributed by atoms with van der Waals surface area (Å²) in [4.78, 5) is 5.44. The van der Waals surface area contributed by atoms with Crippen LogP contribution in [0.4, 0.5) is 0 Å². The van der Waals surface area contributed by atoms with Gasteiger partial charge in [0.2, 0.25) is 0 Å². The molecule has 1 unspecified atom stereocenters. The van der Waals surface area contributed by atoms with Crippen molar-refractivity contribution in [2.45, 2.75) is 64.5 Å². The second-order valence-corrected chi connectivity index (χ2v) is 6.66. The van der Waals surface area contributed by atoms with Crippen molar-refractivity contribution in [1.82, 2.24) is 15.1 Å². The number of hydrogen-bond acceptors (Lipinski definition) is 3. The van der Waals surface area contributed by atoms with Crippen LogP contribution in [-0.4, -0.2) is 61.2 Å². The van der Waals surface area contributed by atoms with Crippen LogP contribution in [0.25, 0.3) is 0 Å². The van der Waals surface area contributed by atoms with Gasteiger partial charge in [-0.05, 0) is 45.3 Å². The third-order valence-electron chi connectivity index (χ3n) is 4.63. The fraction of sp³-hybridized carbons (Fsp3) is 1.00. The highest BCUT2D eigenvalue weighted by Crippen LogP contribution is 2.21. The lowest BCUT2D eigenvalue weighted by molar-refractivity contribution is 0.0486. The van der Waals surface area contributed by atoms with E-state index in [-0.39, 0.29) is 0 Å². The van der Waals surface area contributed by atoms with Crippen molar-refractivity contribution in [3.8, 4) is 0 Å². The van der Waals surface area contributed by atoms with Gasteiger partial charge in [0.05, 0.1) is 0 Å². The molecule has 3 heteroatoms. The van der Waals surface area contributed by atoms with Crippen molar-refractivity contribution in [3.63, 3.8) is 0 Å². The lowest BCUT2D eigenvalue weighted by Crippen LogP contribution is -2.54. The molecular formula is C16H33N3. The minimum atomic E-state index is 0.638. The van der Waals surface area contributed by atoms with Crippen LogP contribution in [0.15, 0.2) is 0 Å². The number of nitrogens with one attached hydrogen (secondary N) is 1. The zero-order chi connectivity index (χ0) is 13.5. The predicted molar refractivity (Wildman–Crippen MR) is 82.6 cm³/mol. The van der Waals surface area contributed by atoms with E-state index in [1.165, 1.54) is 77.8 Å². The minimum Gasteiger partial charge on any atom is -0.315 e. The largest absolute Gasteiger partial charge is 0.315 e. The van der Waals surface area contributed by atoms with Crippen molar-refractivity contribution in [2.24, 2.45) is 0 Å². The Morgan fingerprint density at radius 1 is 1.05 bits per heavy atom. The SMILES string of the molecule is CC(C)NCCCCCN1CCN2CCCCC2C1. The molecule has 2 heterocycles. The standard InChI is InChI=1S/C16H33N3/c1-15(2)17-9-5-3-6-10-18-12-13-19-11-7-4-8-16(19)14-18/h15-17H,3-14H2,1-2H3. The van der Waals surface area contributed by atoms with Crippen LogP contribution in [0.1, 0.15) is 52.4 Å². The highest BCUT2D eigenvalue weighted by molar-refractivity contribution is 4.84. The van der Waals surface area contributed by atoms with E-state index in [4.69, 9.17) is 0 Å². The van der Waals surface area contributed by atoms with Gasteiger partial charge < -0.3 is 10.2 Å². The Balaban J connectivity index is 1.52. The van der Waals surface area contributed by atoms with Crippen LogP contribution in [0.5, 0.6) is 0 Å². The highest BCUT2D eigenvalue weighted by Gasteiger charge is 2.28. The molecule has 19 heavy (non-hydrogen) atoms. The van der Waals surface area contributed by atoms with Gasteiger partial charge in [-0.2, -0.15) is 0 Å². The monoisotopic (exact) mass is 267 g/mol. The molecule has 3 nitrogen and oxygen atoms in total. The molecule has 1 N–H and O–H groups in total. The van der Waals surface area contributed by atoms with Crippen molar-refractivity contribution >= 4 is 0 Å². The predicted octanol–water partition coefficient (Wildman–Crippen LogP) is 2.32. The van der Waals surface area contributed by atoms with Gasteiger partial charge in [0, 0.05) is 31.7 Å². The first-order valence-corrected chi connectivity index (χ1v) is 8.45. The van der Waals surface area contributed by atoms with Crippen LogP contribution in [0.2, 0.25) is 0 Å². The lowest BCUT2D eigenvalue weighted by atomic mass is 9.99. The van der Waals surface area contributed by atoms with Gasteiger partial charge >= 0.3 is 0 Å². The van der Waals surface area contributed by atoms with Gasteiger partial charge in [0.1, 0.15) is 0 Å². The Hall–Kier alpha value is -0.120. The molecule has 0 aromatic carbocycles. The summed E-state index contributed by atoms with van der Waals surface area (Å²) in [5.74, 6) is 0. The van der Waals surface area contributed by atoms with E-state index in [0.717, 1.165) is 6.04 Å². The van der Waals surface area contributed by atoms with Crippen LogP contribution < -0.4 is 5.32 Å². The van der Waals surface area contributed by atoms with Crippen LogP contribution in [-0.2, 0) is 0 Å². The van der Waals surface area contributed by atoms with Gasteiger partial charge in [-0.1, -0.05) is 26.7 Å². The molecule has 0 aromatic rings. The maximum Gasteiger partial charge on any atom is 0.0223 e. The first-order chi connectivity index (χ1) is 9.25. The maximum atomic E-state index is 3.50. The Kier molecular flexibility index (Phi) is 6.62. The van der Waals surface area contributed by atoms with E-state index in [1.807, 2.05) is 0 Å². The van der Waals surface area contributed by atoms with Gasteiger partial charge in [-0.3, -0.25) is 4.90 Å². The number of piperazine rings is 1. The summed E-state index contributed by atoms with van der Waals surface area (Å²) in [6.07, 6.45) is 8.42. The Bertz CT molecular complexity index is 242. The summed E-state index contributed by atoms with van der Waals surface area (Å²) < 4.78 is 0. The molecule has 0 aliphatic carbocycles. The molecule has 2 aliphatic heterocycles. The first-order valence-electron chi connectivity index (χ1n) is 8.45. The molecule has 2 rings (SSSR count). The molecule has 2 fully saturated rings. The summed E-state index contributed by atoms with van der Waals surface area (Å²) in [6.45, 7) is 12.3. The summed E-state index contributed by atoms with van der Waals surface area (Å²) in [6, 6.07) is 1.52. The van der Waals surface area contributed by atoms with Crippen molar-refractivity contribution in [1.29, 1.82) is 0 Å². The molecule has 2 saturated heterocycles. The summed E-state index contributed by atoms with van der Waals surface area (Å²) in [5, 5.41) is 3.50. The molecule has 112 valence electrons. The van der Waals surface area contributed by atoms with Crippen molar-refractivity contribution in [3.05, 3.63) is 0 Å². The molecule has 0 radical (unpaired) electrons. The zero-order valence-corrected chi connectivity index (χ0v) is 13.0. The highest BCUT2D eigenvalue weighted by atomic mass is 15.3. The smallest absolute Gasteiger partial charge is 0.0223 e. The van der Waals surface area contributed by atoms with E-state index in [0.29, 0.717) is 6.04 Å². The Morgan fingerprint density at radius 2 is 1.95 bits per heavy atom. The third-order valence-corrected chi connectivity index (χ3v) is 4.63. The summed E-state index contributed by atoms with van der Waals surface area (Å²) >= 11 is 0. The molecule has 0 spiro atoms. The minimum absolute atomic E-state index is 0.638. The molecule has 0 amide bonds. The molecular weight excluding hydrogens is 234 g/mol. The number of piperidine rings is 1. The average molecular weight is 267 g/mol. The van der Waals surface area contributed by atoms with Crippen LogP contribution in [0.3, 0.4) is 0 Å². The van der Waals surface area contributed by atoms with E-state index < -0.39 is 0 Å². The second-order valence-electron chi connectivity index (χ2n) is 6.66. The van der Waals surface area contributed by atoms with Gasteiger partial charge in [0.25, 0.3) is 0 Å². The fourth-order valence-corrected chi connectivity index (χ4v) is 3.45. The number of nitrogens with zero attached hydrogens (tertiary/aromatic N) is 2. The van der Waals surface area contributed by atoms with Crippen molar-refractivity contribution in [2.75, 3.05) is 39.3 Å². The molecule has 2 aliphatic rings. The van der Waals surface area contributed by atoms with Crippen LogP contribution in [0, 0.1) is 0 Å². The van der Waals surface area contributed by atoms with E-state index in [1.54, 1.807) is 0 Å². The van der Waals surface area contributed by atoms with Gasteiger partial charge in [-0.25, -0.2) is 0 Å². The molecule has 0 bridgehead atoms. The van der Waals surface area contributed by atoms with Gasteiger partial charge in [0.15, 0.2) is 0 Å². The fourth-order valence-electron chi connectivity index (χ4n) is 3.45. The maximum absolute atomic E-state index is 3.50. The molecule has 0 saturated carbocycles. The van der Waals surface area contributed by atoms with E-state index in [2.05, 4.69) is 29.0 Å². The van der Waals surface area contributed by atoms with Crippen molar-refractivity contribution < 1.29 is 0 Å². The first kappa shape index (κ1) is 15.3. The Labute approximate surface area is 119 Å². The molecule has 0 aromatic heterocycles. The molecule has 1 atom stereocenters.